The molecule has 2 aromatic carbocycles. The predicted molar refractivity (Wildman–Crippen MR) is 80.8 cm³/mol. The van der Waals surface area contributed by atoms with Gasteiger partial charge in [0.25, 0.3) is 0 Å². The topological polar surface area (TPSA) is 26.3 Å². The van der Waals surface area contributed by atoms with Crippen LogP contribution in [0.3, 0.4) is 0 Å². The van der Waals surface area contributed by atoms with Crippen molar-refractivity contribution >= 4 is 5.97 Å². The number of ether oxygens (including phenoxy) is 1. The minimum atomic E-state index is -0.233. The molecule has 2 nitrogen and oxygen atoms in total. The van der Waals surface area contributed by atoms with Crippen LogP contribution >= 0.6 is 0 Å². The second kappa shape index (κ2) is 6.38. The predicted octanol–water partition coefficient (Wildman–Crippen LogP) is 4.11. The Bertz CT molecular complexity index is 575. The summed E-state index contributed by atoms with van der Waals surface area (Å²) in [6.45, 7) is 4.05. The van der Waals surface area contributed by atoms with E-state index in [0.29, 0.717) is 5.92 Å². The number of hydrogen-bond acceptors (Lipinski definition) is 2. The van der Waals surface area contributed by atoms with Crippen molar-refractivity contribution in [1.29, 1.82) is 0 Å². The summed E-state index contributed by atoms with van der Waals surface area (Å²) in [5, 5.41) is 0. The van der Waals surface area contributed by atoms with E-state index in [1.807, 2.05) is 37.3 Å². The van der Waals surface area contributed by atoms with Crippen molar-refractivity contribution in [3.63, 3.8) is 0 Å². The molecule has 0 heterocycles. The molecular formula is C18H20O2. The standard InChI is InChI=1S/C18H20O2/c1-13(15-8-5-4-6-9-15)16-10-7-11-17(12-16)14(2)18(19)20-3/h4-14H,1-3H3/t13-,14+/m1/s1. The maximum atomic E-state index is 11.6. The highest BCUT2D eigenvalue weighted by molar-refractivity contribution is 5.77. The first-order valence-electron chi connectivity index (χ1n) is 6.86. The molecule has 0 aliphatic carbocycles. The van der Waals surface area contributed by atoms with Crippen molar-refractivity contribution < 1.29 is 9.53 Å². The molecule has 104 valence electrons. The van der Waals surface area contributed by atoms with Crippen molar-refractivity contribution in [2.24, 2.45) is 0 Å². The average Bonchev–Trinajstić information content (AvgIpc) is 2.53. The van der Waals surface area contributed by atoms with Crippen LogP contribution in [0.15, 0.2) is 54.6 Å². The lowest BCUT2D eigenvalue weighted by Gasteiger charge is -2.15. The lowest BCUT2D eigenvalue weighted by atomic mass is 9.90. The number of carbonyl (C=O) groups is 1. The van der Waals surface area contributed by atoms with Crippen LogP contribution in [0.2, 0.25) is 0 Å². The summed E-state index contributed by atoms with van der Waals surface area (Å²) >= 11 is 0. The van der Waals surface area contributed by atoms with E-state index >= 15 is 0 Å². The highest BCUT2D eigenvalue weighted by Gasteiger charge is 2.17. The smallest absolute Gasteiger partial charge is 0.312 e. The summed E-state index contributed by atoms with van der Waals surface area (Å²) < 4.78 is 4.81. The van der Waals surface area contributed by atoms with Crippen LogP contribution in [0.5, 0.6) is 0 Å². The minimum Gasteiger partial charge on any atom is -0.469 e. The van der Waals surface area contributed by atoms with Crippen molar-refractivity contribution in [3.05, 3.63) is 71.3 Å². The minimum absolute atomic E-state index is 0.200. The maximum Gasteiger partial charge on any atom is 0.312 e. The van der Waals surface area contributed by atoms with E-state index in [4.69, 9.17) is 4.74 Å². The van der Waals surface area contributed by atoms with Crippen LogP contribution in [0.25, 0.3) is 0 Å². The molecule has 2 atom stereocenters. The third-order valence-corrected chi connectivity index (χ3v) is 3.76. The van der Waals surface area contributed by atoms with Gasteiger partial charge in [0.1, 0.15) is 0 Å². The monoisotopic (exact) mass is 268 g/mol. The van der Waals surface area contributed by atoms with Crippen LogP contribution in [0.1, 0.15) is 42.4 Å². The molecule has 0 fully saturated rings. The normalized spacial score (nSPS) is 13.6. The Kier molecular flexibility index (Phi) is 4.57. The molecule has 0 saturated carbocycles. The largest absolute Gasteiger partial charge is 0.469 e. The number of hydrogen-bond donors (Lipinski definition) is 0. The molecule has 0 N–H and O–H groups in total. The number of esters is 1. The highest BCUT2D eigenvalue weighted by atomic mass is 16.5. The number of methoxy groups -OCH3 is 1. The van der Waals surface area contributed by atoms with Crippen molar-refractivity contribution in [1.82, 2.24) is 0 Å². The molecular weight excluding hydrogens is 248 g/mol. The van der Waals surface area contributed by atoms with Crippen molar-refractivity contribution in [2.45, 2.75) is 25.7 Å². The van der Waals surface area contributed by atoms with Gasteiger partial charge in [-0.15, -0.1) is 0 Å². The molecule has 2 heteroatoms. The molecule has 0 amide bonds. The molecule has 0 bridgehead atoms. The van der Waals surface area contributed by atoms with E-state index in [-0.39, 0.29) is 11.9 Å². The third kappa shape index (κ3) is 3.08. The van der Waals surface area contributed by atoms with Crippen molar-refractivity contribution in [2.75, 3.05) is 7.11 Å². The Morgan fingerprint density at radius 3 is 2.15 bits per heavy atom. The average molecular weight is 268 g/mol. The van der Waals surface area contributed by atoms with Gasteiger partial charge in [-0.05, 0) is 23.6 Å². The molecule has 0 unspecified atom stereocenters. The van der Waals surface area contributed by atoms with E-state index in [1.165, 1.54) is 18.2 Å². The molecule has 2 aromatic rings. The van der Waals surface area contributed by atoms with Gasteiger partial charge in [-0.3, -0.25) is 4.79 Å². The Hall–Kier alpha value is -2.09. The van der Waals surface area contributed by atoms with Crippen molar-refractivity contribution in [3.8, 4) is 0 Å². The molecule has 0 aliphatic rings. The zero-order valence-electron chi connectivity index (χ0n) is 12.2. The van der Waals surface area contributed by atoms with Gasteiger partial charge in [0.15, 0.2) is 0 Å². The summed E-state index contributed by atoms with van der Waals surface area (Å²) in [5.74, 6) is -0.126. The van der Waals surface area contributed by atoms with E-state index in [1.54, 1.807) is 0 Å². The second-order valence-corrected chi connectivity index (χ2v) is 5.05. The first kappa shape index (κ1) is 14.3. The second-order valence-electron chi connectivity index (χ2n) is 5.05. The zero-order valence-corrected chi connectivity index (χ0v) is 12.2. The van der Waals surface area contributed by atoms with Gasteiger partial charge in [-0.1, -0.05) is 61.5 Å². The lowest BCUT2D eigenvalue weighted by Crippen LogP contribution is -2.11. The summed E-state index contributed by atoms with van der Waals surface area (Å²) in [7, 11) is 1.43. The molecule has 0 aliphatic heterocycles. The van der Waals surface area contributed by atoms with Crippen LogP contribution < -0.4 is 0 Å². The fourth-order valence-corrected chi connectivity index (χ4v) is 2.34. The Morgan fingerprint density at radius 1 is 0.900 bits per heavy atom. The first-order valence-corrected chi connectivity index (χ1v) is 6.86. The van der Waals surface area contributed by atoms with Crippen LogP contribution in [0.4, 0.5) is 0 Å². The summed E-state index contributed by atoms with van der Waals surface area (Å²) in [6.07, 6.45) is 0. The molecule has 0 spiro atoms. The van der Waals surface area contributed by atoms with Gasteiger partial charge in [0.2, 0.25) is 0 Å². The van der Waals surface area contributed by atoms with Crippen LogP contribution in [0, 0.1) is 0 Å². The summed E-state index contributed by atoms with van der Waals surface area (Å²) in [6, 6.07) is 18.5. The highest BCUT2D eigenvalue weighted by Crippen LogP contribution is 2.27. The van der Waals surface area contributed by atoms with Gasteiger partial charge in [0.05, 0.1) is 13.0 Å². The third-order valence-electron chi connectivity index (χ3n) is 3.76. The molecule has 20 heavy (non-hydrogen) atoms. The van der Waals surface area contributed by atoms with E-state index < -0.39 is 0 Å². The summed E-state index contributed by atoms with van der Waals surface area (Å²) in [4.78, 5) is 11.6. The fraction of sp³-hybridized carbons (Fsp3) is 0.278. The summed E-state index contributed by atoms with van der Waals surface area (Å²) in [5.41, 5.74) is 3.48. The quantitative estimate of drug-likeness (QED) is 0.780. The van der Waals surface area contributed by atoms with Crippen LogP contribution in [-0.2, 0) is 9.53 Å². The first-order chi connectivity index (χ1) is 9.63. The fourth-order valence-electron chi connectivity index (χ4n) is 2.34. The maximum absolute atomic E-state index is 11.6. The molecule has 2 rings (SSSR count). The Morgan fingerprint density at radius 2 is 1.50 bits per heavy atom. The molecule has 0 saturated heterocycles. The van der Waals surface area contributed by atoms with Gasteiger partial charge in [0, 0.05) is 5.92 Å². The molecule has 0 aromatic heterocycles. The van der Waals surface area contributed by atoms with Gasteiger partial charge >= 0.3 is 5.97 Å². The lowest BCUT2D eigenvalue weighted by molar-refractivity contribution is -0.141. The van der Waals surface area contributed by atoms with Crippen LogP contribution in [-0.4, -0.2) is 13.1 Å². The number of carbonyl (C=O) groups excluding carboxylic acids is 1. The van der Waals surface area contributed by atoms with Gasteiger partial charge in [-0.2, -0.15) is 0 Å². The van der Waals surface area contributed by atoms with Gasteiger partial charge in [-0.25, -0.2) is 0 Å². The number of benzene rings is 2. The van der Waals surface area contributed by atoms with E-state index in [0.717, 1.165) is 5.56 Å². The van der Waals surface area contributed by atoms with Gasteiger partial charge < -0.3 is 4.74 Å². The Balaban J connectivity index is 2.28. The SMILES string of the molecule is COC(=O)[C@@H](C)c1cccc([C@H](C)c2ccccc2)c1. The van der Waals surface area contributed by atoms with E-state index in [9.17, 15) is 4.79 Å². The Labute approximate surface area is 120 Å². The zero-order chi connectivity index (χ0) is 14.5. The number of rotatable bonds is 4. The van der Waals surface area contributed by atoms with E-state index in [2.05, 4.69) is 31.2 Å². The molecule has 0 radical (unpaired) electrons.